The fourth-order valence-electron chi connectivity index (χ4n) is 2.83. The Balaban J connectivity index is 2.16. The van der Waals surface area contributed by atoms with Gasteiger partial charge in [0.2, 0.25) is 0 Å². The lowest BCUT2D eigenvalue weighted by Crippen LogP contribution is -2.11. The number of carbonyl (C=O) groups is 1. The normalized spacial score (nSPS) is 22.5. The van der Waals surface area contributed by atoms with Gasteiger partial charge in [-0.3, -0.25) is 4.79 Å². The molecule has 7 heteroatoms. The molecule has 0 aromatic heterocycles. The zero-order chi connectivity index (χ0) is 18.4. The molecule has 0 unspecified atom stereocenters. The van der Waals surface area contributed by atoms with Gasteiger partial charge in [-0.2, -0.15) is 0 Å². The second-order valence-corrected chi connectivity index (χ2v) is 8.65. The molecule has 2 atom stereocenters. The lowest BCUT2D eigenvalue weighted by atomic mass is 10.1. The standard InChI is InChI=1S/C17H17Cl5O2/c1-7(18)5-10-11(17(10,3)4)16(23)24-6-9-14(21)12(19)8(2)13(20)15(9)22/h5,10-11H,6H2,1-4H3/b7-5-/t10-,11+/m1/s1. The van der Waals surface area contributed by atoms with Crippen LogP contribution in [0, 0.1) is 24.2 Å². The molecule has 0 heterocycles. The molecule has 0 radical (unpaired) electrons. The van der Waals surface area contributed by atoms with Crippen molar-refractivity contribution in [3.8, 4) is 0 Å². The maximum absolute atomic E-state index is 12.4. The smallest absolute Gasteiger partial charge is 0.310 e. The number of hydrogen-bond donors (Lipinski definition) is 0. The number of esters is 1. The molecule has 0 amide bonds. The van der Waals surface area contributed by atoms with E-state index in [-0.39, 0.29) is 39.9 Å². The third kappa shape index (κ3) is 3.68. The summed E-state index contributed by atoms with van der Waals surface area (Å²) in [5.74, 6) is -0.516. The second-order valence-electron chi connectivity index (χ2n) is 6.55. The maximum Gasteiger partial charge on any atom is 0.310 e. The first-order chi connectivity index (χ1) is 11.0. The Kier molecular flexibility index (Phi) is 6.10. The number of benzene rings is 1. The molecule has 2 rings (SSSR count). The van der Waals surface area contributed by atoms with Gasteiger partial charge in [-0.25, -0.2) is 0 Å². The lowest BCUT2D eigenvalue weighted by Gasteiger charge is -2.14. The first kappa shape index (κ1) is 20.2. The highest BCUT2D eigenvalue weighted by Crippen LogP contribution is 2.60. The van der Waals surface area contributed by atoms with E-state index >= 15 is 0 Å². The van der Waals surface area contributed by atoms with Gasteiger partial charge in [0.15, 0.2) is 0 Å². The Morgan fingerprint density at radius 3 is 2.08 bits per heavy atom. The molecule has 0 saturated heterocycles. The predicted molar refractivity (Wildman–Crippen MR) is 101 cm³/mol. The van der Waals surface area contributed by atoms with Crippen molar-refractivity contribution < 1.29 is 9.53 Å². The largest absolute Gasteiger partial charge is 0.460 e. The number of allylic oxidation sites excluding steroid dienone is 2. The summed E-state index contributed by atoms with van der Waals surface area (Å²) in [6.45, 7) is 7.42. The van der Waals surface area contributed by atoms with Crippen LogP contribution in [-0.4, -0.2) is 5.97 Å². The van der Waals surface area contributed by atoms with Gasteiger partial charge in [-0.15, -0.1) is 0 Å². The molecule has 0 aliphatic heterocycles. The first-order valence-corrected chi connectivity index (χ1v) is 9.21. The van der Waals surface area contributed by atoms with Gasteiger partial charge in [-0.05, 0) is 30.7 Å². The van der Waals surface area contributed by atoms with Crippen molar-refractivity contribution in [3.63, 3.8) is 0 Å². The van der Waals surface area contributed by atoms with E-state index in [1.165, 1.54) is 0 Å². The molecule has 1 aliphatic rings. The zero-order valence-electron chi connectivity index (χ0n) is 13.6. The van der Waals surface area contributed by atoms with Gasteiger partial charge in [0.1, 0.15) is 6.61 Å². The minimum Gasteiger partial charge on any atom is -0.460 e. The van der Waals surface area contributed by atoms with E-state index < -0.39 is 0 Å². The van der Waals surface area contributed by atoms with E-state index in [4.69, 9.17) is 62.7 Å². The van der Waals surface area contributed by atoms with Crippen molar-refractivity contribution in [2.45, 2.75) is 34.3 Å². The first-order valence-electron chi connectivity index (χ1n) is 7.32. The average molecular weight is 431 g/mol. The predicted octanol–water partition coefficient (Wildman–Crippen LogP) is 7.07. The van der Waals surface area contributed by atoms with E-state index in [1.54, 1.807) is 13.8 Å². The minimum atomic E-state index is -0.320. The van der Waals surface area contributed by atoms with Crippen molar-refractivity contribution in [3.05, 3.63) is 42.3 Å². The average Bonchev–Trinajstić information content (AvgIpc) is 3.02. The molecule has 1 aliphatic carbocycles. The van der Waals surface area contributed by atoms with Crippen molar-refractivity contribution in [1.82, 2.24) is 0 Å². The van der Waals surface area contributed by atoms with Gasteiger partial charge >= 0.3 is 5.97 Å². The number of carbonyl (C=O) groups excluding carboxylic acids is 1. The molecular weight excluding hydrogens is 413 g/mol. The van der Waals surface area contributed by atoms with Gasteiger partial charge in [0.25, 0.3) is 0 Å². The fraction of sp³-hybridized carbons (Fsp3) is 0.471. The van der Waals surface area contributed by atoms with E-state index in [9.17, 15) is 4.79 Å². The van der Waals surface area contributed by atoms with Crippen LogP contribution >= 0.6 is 58.0 Å². The maximum atomic E-state index is 12.4. The number of ether oxygens (including phenoxy) is 1. The summed E-state index contributed by atoms with van der Waals surface area (Å²) in [6.07, 6.45) is 1.88. The quantitative estimate of drug-likeness (QED) is 0.377. The third-order valence-corrected chi connectivity index (χ3v) is 6.60. The fourth-order valence-corrected chi connectivity index (χ4v) is 4.06. The van der Waals surface area contributed by atoms with Crippen LogP contribution in [-0.2, 0) is 16.1 Å². The highest BCUT2D eigenvalue weighted by atomic mass is 35.5. The van der Waals surface area contributed by atoms with E-state index in [1.807, 2.05) is 19.9 Å². The lowest BCUT2D eigenvalue weighted by molar-refractivity contribution is -0.147. The van der Waals surface area contributed by atoms with Crippen molar-refractivity contribution in [1.29, 1.82) is 0 Å². The Labute approximate surface area is 167 Å². The highest BCUT2D eigenvalue weighted by Gasteiger charge is 2.61. The molecule has 0 N–H and O–H groups in total. The molecular formula is C17H17Cl5O2. The number of hydrogen-bond acceptors (Lipinski definition) is 2. The Hall–Kier alpha value is -0.120. The van der Waals surface area contributed by atoms with E-state index in [0.717, 1.165) is 0 Å². The minimum absolute atomic E-state index is 0.0543. The van der Waals surface area contributed by atoms with E-state index in [0.29, 0.717) is 26.2 Å². The Morgan fingerprint density at radius 1 is 1.12 bits per heavy atom. The third-order valence-electron chi connectivity index (χ3n) is 4.51. The van der Waals surface area contributed by atoms with Gasteiger partial charge in [0, 0.05) is 10.6 Å². The van der Waals surface area contributed by atoms with Crippen LogP contribution in [0.1, 0.15) is 31.9 Å². The highest BCUT2D eigenvalue weighted by molar-refractivity contribution is 6.48. The SMILES string of the molecule is C/C(Cl)=C/[C@@H]1[C@@H](C(=O)OCc2c(Cl)c(Cl)c(C)c(Cl)c2Cl)C1(C)C. The van der Waals surface area contributed by atoms with Crippen LogP contribution in [0.2, 0.25) is 20.1 Å². The van der Waals surface area contributed by atoms with Crippen molar-refractivity contribution in [2.75, 3.05) is 0 Å². The van der Waals surface area contributed by atoms with Crippen LogP contribution in [0.15, 0.2) is 11.1 Å². The van der Waals surface area contributed by atoms with Crippen LogP contribution < -0.4 is 0 Å². The molecule has 132 valence electrons. The summed E-state index contributed by atoms with van der Waals surface area (Å²) in [5.41, 5.74) is 0.810. The Bertz CT molecular complexity index is 691. The molecule has 0 bridgehead atoms. The van der Waals surface area contributed by atoms with Gasteiger partial charge in [-0.1, -0.05) is 77.9 Å². The van der Waals surface area contributed by atoms with Crippen LogP contribution in [0.5, 0.6) is 0 Å². The molecule has 2 nitrogen and oxygen atoms in total. The van der Waals surface area contributed by atoms with Crippen LogP contribution in [0.25, 0.3) is 0 Å². The zero-order valence-corrected chi connectivity index (χ0v) is 17.4. The summed E-state index contributed by atoms with van der Waals surface area (Å²) in [7, 11) is 0. The monoisotopic (exact) mass is 428 g/mol. The summed E-state index contributed by atoms with van der Waals surface area (Å²) in [4.78, 5) is 12.4. The van der Waals surface area contributed by atoms with Crippen LogP contribution in [0.3, 0.4) is 0 Å². The molecule has 1 aromatic rings. The summed E-state index contributed by atoms with van der Waals surface area (Å²) in [6, 6.07) is 0. The molecule has 1 fully saturated rings. The number of halogens is 5. The van der Waals surface area contributed by atoms with Crippen molar-refractivity contribution >= 4 is 64.0 Å². The molecule has 0 spiro atoms. The van der Waals surface area contributed by atoms with Crippen molar-refractivity contribution in [2.24, 2.45) is 17.3 Å². The molecule has 1 aromatic carbocycles. The van der Waals surface area contributed by atoms with Gasteiger partial charge < -0.3 is 4.74 Å². The summed E-state index contributed by atoms with van der Waals surface area (Å²) < 4.78 is 5.41. The molecule has 24 heavy (non-hydrogen) atoms. The van der Waals surface area contributed by atoms with Crippen LogP contribution in [0.4, 0.5) is 0 Å². The molecule has 1 saturated carbocycles. The van der Waals surface area contributed by atoms with Gasteiger partial charge in [0.05, 0.1) is 26.0 Å². The topological polar surface area (TPSA) is 26.3 Å². The second kappa shape index (κ2) is 7.25. The summed E-state index contributed by atoms with van der Waals surface area (Å²) >= 11 is 30.6. The Morgan fingerprint density at radius 2 is 1.62 bits per heavy atom. The van der Waals surface area contributed by atoms with E-state index in [2.05, 4.69) is 0 Å². The summed E-state index contributed by atoms with van der Waals surface area (Å²) in [5, 5.41) is 1.77. The number of rotatable bonds is 4.